The molecule has 138 valence electrons. The van der Waals surface area contributed by atoms with Crippen molar-refractivity contribution in [1.82, 2.24) is 4.90 Å². The Morgan fingerprint density at radius 2 is 1.80 bits per heavy atom. The summed E-state index contributed by atoms with van der Waals surface area (Å²) in [6.45, 7) is 0.511. The highest BCUT2D eigenvalue weighted by Gasteiger charge is 2.30. The van der Waals surface area contributed by atoms with Gasteiger partial charge in [-0.1, -0.05) is 11.6 Å². The molecular weight excluding hydrogens is 368 g/mol. The number of esters is 1. The average molecular weight is 389 g/mol. The Balaban J connectivity index is 2.06. The number of anilines is 1. The summed E-state index contributed by atoms with van der Waals surface area (Å²) in [5.41, 5.74) is 0.379. The monoisotopic (exact) mass is 388 g/mol. The van der Waals surface area contributed by atoms with Gasteiger partial charge in [0, 0.05) is 18.1 Å². The lowest BCUT2D eigenvalue weighted by Gasteiger charge is -2.32. The zero-order chi connectivity index (χ0) is 18.6. The highest BCUT2D eigenvalue weighted by molar-refractivity contribution is 7.92. The molecule has 0 aromatic heterocycles. The third kappa shape index (κ3) is 5.09. The number of carbonyl (C=O) groups excluding carboxylic acids is 2. The number of amides is 1. The second-order valence-corrected chi connectivity index (χ2v) is 8.27. The number of hydrogen-bond donors (Lipinski definition) is 0. The molecule has 0 atom stereocenters. The highest BCUT2D eigenvalue weighted by atomic mass is 35.5. The fraction of sp³-hybridized carbons (Fsp3) is 0.500. The van der Waals surface area contributed by atoms with Crippen molar-refractivity contribution in [3.05, 3.63) is 29.3 Å². The number of nitrogens with zero attached hydrogens (tertiary/aromatic N) is 2. The van der Waals surface area contributed by atoms with Crippen molar-refractivity contribution in [1.29, 1.82) is 0 Å². The van der Waals surface area contributed by atoms with Gasteiger partial charge in [-0.3, -0.25) is 13.9 Å². The molecule has 25 heavy (non-hydrogen) atoms. The van der Waals surface area contributed by atoms with Crippen LogP contribution in [0.3, 0.4) is 0 Å². The molecule has 1 heterocycles. The maximum absolute atomic E-state index is 12.5. The Labute approximate surface area is 152 Å². The number of likely N-dealkylation sites (tertiary alicyclic amines) is 1. The van der Waals surface area contributed by atoms with E-state index in [1.807, 2.05) is 0 Å². The summed E-state index contributed by atoms with van der Waals surface area (Å²) >= 11 is 5.83. The molecule has 0 unspecified atom stereocenters. The summed E-state index contributed by atoms with van der Waals surface area (Å²) < 4.78 is 29.9. The van der Waals surface area contributed by atoms with Crippen LogP contribution in [0.5, 0.6) is 0 Å². The zero-order valence-electron chi connectivity index (χ0n) is 14.1. The first-order valence-corrected chi connectivity index (χ1v) is 10.0. The summed E-state index contributed by atoms with van der Waals surface area (Å²) in [5, 5.41) is 0.480. The number of ether oxygens (including phenoxy) is 1. The van der Waals surface area contributed by atoms with E-state index < -0.39 is 10.0 Å². The summed E-state index contributed by atoms with van der Waals surface area (Å²) in [7, 11) is -2.28. The minimum Gasteiger partial charge on any atom is -0.469 e. The quantitative estimate of drug-likeness (QED) is 0.714. The predicted molar refractivity (Wildman–Crippen MR) is 95.0 cm³/mol. The Kier molecular flexibility index (Phi) is 6.29. The number of halogens is 1. The molecular formula is C16H21ClN2O5S. The van der Waals surface area contributed by atoms with Crippen LogP contribution in [-0.4, -0.2) is 58.2 Å². The van der Waals surface area contributed by atoms with Crippen LogP contribution in [0.1, 0.15) is 12.8 Å². The second-order valence-electron chi connectivity index (χ2n) is 5.92. The normalized spacial score (nSPS) is 15.7. The molecule has 0 saturated carbocycles. The predicted octanol–water partition coefficient (Wildman–Crippen LogP) is 1.52. The molecule has 0 radical (unpaired) electrons. The van der Waals surface area contributed by atoms with Crippen LogP contribution in [0.25, 0.3) is 0 Å². The third-order valence-corrected chi connectivity index (χ3v) is 5.57. The molecule has 0 aliphatic carbocycles. The fourth-order valence-electron chi connectivity index (χ4n) is 2.76. The molecule has 1 aromatic carbocycles. The van der Waals surface area contributed by atoms with Crippen molar-refractivity contribution in [3.8, 4) is 0 Å². The molecule has 2 rings (SSSR count). The van der Waals surface area contributed by atoms with Crippen molar-refractivity contribution in [2.45, 2.75) is 12.8 Å². The van der Waals surface area contributed by atoms with Crippen LogP contribution in [0.15, 0.2) is 24.3 Å². The van der Waals surface area contributed by atoms with Crippen LogP contribution in [-0.2, 0) is 24.3 Å². The van der Waals surface area contributed by atoms with E-state index in [0.717, 1.165) is 10.6 Å². The van der Waals surface area contributed by atoms with Gasteiger partial charge in [0.2, 0.25) is 15.9 Å². The van der Waals surface area contributed by atoms with Gasteiger partial charge in [0.1, 0.15) is 6.54 Å². The topological polar surface area (TPSA) is 84.0 Å². The lowest BCUT2D eigenvalue weighted by atomic mass is 9.97. The van der Waals surface area contributed by atoms with E-state index in [-0.39, 0.29) is 24.3 Å². The van der Waals surface area contributed by atoms with E-state index in [9.17, 15) is 18.0 Å². The van der Waals surface area contributed by atoms with Crippen LogP contribution < -0.4 is 4.31 Å². The molecule has 1 aliphatic heterocycles. The lowest BCUT2D eigenvalue weighted by molar-refractivity contribution is -0.148. The molecule has 1 amide bonds. The maximum atomic E-state index is 12.5. The Bertz CT molecular complexity index is 727. The van der Waals surface area contributed by atoms with Gasteiger partial charge in [0.15, 0.2) is 0 Å². The Hall–Kier alpha value is -1.80. The Morgan fingerprint density at radius 1 is 1.24 bits per heavy atom. The second kappa shape index (κ2) is 8.05. The first-order chi connectivity index (χ1) is 11.7. The highest BCUT2D eigenvalue weighted by Crippen LogP contribution is 2.22. The van der Waals surface area contributed by atoms with Crippen molar-refractivity contribution < 1.29 is 22.7 Å². The minimum atomic E-state index is -3.62. The Morgan fingerprint density at radius 3 is 2.28 bits per heavy atom. The van der Waals surface area contributed by atoms with Crippen LogP contribution in [0, 0.1) is 5.92 Å². The van der Waals surface area contributed by atoms with Crippen LogP contribution in [0.4, 0.5) is 5.69 Å². The SMILES string of the molecule is COC(=O)C1CCN(C(=O)CN(c2ccc(Cl)cc2)S(C)(=O)=O)CC1. The summed E-state index contributed by atoms with van der Waals surface area (Å²) in [5.74, 6) is -0.786. The molecule has 0 N–H and O–H groups in total. The van der Waals surface area contributed by atoms with Gasteiger partial charge < -0.3 is 9.64 Å². The molecule has 1 fully saturated rings. The number of methoxy groups -OCH3 is 1. The molecule has 1 saturated heterocycles. The van der Waals surface area contributed by atoms with Gasteiger partial charge in [-0.25, -0.2) is 8.42 Å². The molecule has 7 nitrogen and oxygen atoms in total. The summed E-state index contributed by atoms with van der Waals surface area (Å²) in [6, 6.07) is 6.25. The van der Waals surface area contributed by atoms with Gasteiger partial charge >= 0.3 is 5.97 Å². The number of hydrogen-bond acceptors (Lipinski definition) is 5. The molecule has 9 heteroatoms. The van der Waals surface area contributed by atoms with Crippen molar-refractivity contribution in [3.63, 3.8) is 0 Å². The van der Waals surface area contributed by atoms with Crippen LogP contribution in [0.2, 0.25) is 5.02 Å². The van der Waals surface area contributed by atoms with Gasteiger partial charge in [0.05, 0.1) is 25.0 Å². The van der Waals surface area contributed by atoms with E-state index in [4.69, 9.17) is 16.3 Å². The van der Waals surface area contributed by atoms with E-state index in [1.165, 1.54) is 7.11 Å². The van der Waals surface area contributed by atoms with Crippen LogP contribution >= 0.6 is 11.6 Å². The maximum Gasteiger partial charge on any atom is 0.308 e. The standard InChI is InChI=1S/C16H21ClN2O5S/c1-24-16(21)12-7-9-18(10-8-12)15(20)11-19(25(2,22)23)14-5-3-13(17)4-6-14/h3-6,12H,7-11H2,1-2H3. The first kappa shape index (κ1) is 19.5. The number of piperidine rings is 1. The summed E-state index contributed by atoms with van der Waals surface area (Å²) in [4.78, 5) is 25.6. The molecule has 1 aromatic rings. The van der Waals surface area contributed by atoms with E-state index in [1.54, 1.807) is 29.2 Å². The smallest absolute Gasteiger partial charge is 0.308 e. The van der Waals surface area contributed by atoms with Gasteiger partial charge in [-0.2, -0.15) is 0 Å². The van der Waals surface area contributed by atoms with Gasteiger partial charge in [-0.15, -0.1) is 0 Å². The first-order valence-electron chi connectivity index (χ1n) is 7.81. The van der Waals surface area contributed by atoms with Crippen molar-refractivity contribution in [2.24, 2.45) is 5.92 Å². The number of benzene rings is 1. The van der Waals surface area contributed by atoms with Gasteiger partial charge in [-0.05, 0) is 37.1 Å². The minimum absolute atomic E-state index is 0.212. The number of rotatable bonds is 5. The number of carbonyl (C=O) groups is 2. The van der Waals surface area contributed by atoms with Crippen molar-refractivity contribution in [2.75, 3.05) is 37.3 Å². The van der Waals surface area contributed by atoms with Gasteiger partial charge in [0.25, 0.3) is 0 Å². The van der Waals surface area contributed by atoms with E-state index in [2.05, 4.69) is 0 Å². The lowest BCUT2D eigenvalue weighted by Crippen LogP contribution is -2.46. The molecule has 0 spiro atoms. The third-order valence-electron chi connectivity index (χ3n) is 4.18. The average Bonchev–Trinajstić information content (AvgIpc) is 2.59. The van der Waals surface area contributed by atoms with Crippen molar-refractivity contribution >= 4 is 39.2 Å². The van der Waals surface area contributed by atoms with E-state index in [0.29, 0.717) is 36.6 Å². The largest absolute Gasteiger partial charge is 0.469 e. The number of sulfonamides is 1. The summed E-state index contributed by atoms with van der Waals surface area (Å²) in [6.07, 6.45) is 2.08. The molecule has 1 aliphatic rings. The molecule has 0 bridgehead atoms. The van der Waals surface area contributed by atoms with E-state index >= 15 is 0 Å². The zero-order valence-corrected chi connectivity index (χ0v) is 15.7. The fourth-order valence-corrected chi connectivity index (χ4v) is 3.74.